The Kier molecular flexibility index (Phi) is 6.46. The molecule has 5 nitrogen and oxygen atoms in total. The minimum atomic E-state index is -0.0761. The summed E-state index contributed by atoms with van der Waals surface area (Å²) < 4.78 is 9.20. The second-order valence-electron chi connectivity index (χ2n) is 8.58. The van der Waals surface area contributed by atoms with Gasteiger partial charge in [0.2, 0.25) is 0 Å². The van der Waals surface area contributed by atoms with E-state index in [1.165, 1.54) is 5.56 Å². The summed E-state index contributed by atoms with van der Waals surface area (Å²) in [5, 5.41) is 8.55. The Balaban J connectivity index is 1.22. The summed E-state index contributed by atoms with van der Waals surface area (Å²) in [6.07, 6.45) is 4.19. The van der Waals surface area contributed by atoms with Crippen molar-refractivity contribution in [2.45, 2.75) is 31.8 Å². The molecule has 0 unspecified atom stereocenters. The molecular weight excluding hydrogens is 430 g/mol. The highest BCUT2D eigenvalue weighted by atomic mass is 32.1. The quantitative estimate of drug-likeness (QED) is 0.389. The van der Waals surface area contributed by atoms with E-state index in [1.807, 2.05) is 47.3 Å². The van der Waals surface area contributed by atoms with Gasteiger partial charge in [-0.15, -0.1) is 11.3 Å². The minimum absolute atomic E-state index is 0.0761. The average Bonchev–Trinajstić information content (AvgIpc) is 3.43. The number of anilines is 1. The van der Waals surface area contributed by atoms with Crippen molar-refractivity contribution < 1.29 is 9.53 Å². The predicted molar refractivity (Wildman–Crippen MR) is 136 cm³/mol. The van der Waals surface area contributed by atoms with Crippen LogP contribution in [0.25, 0.3) is 10.2 Å². The molecule has 2 aromatic heterocycles. The minimum Gasteiger partial charge on any atom is -0.490 e. The highest BCUT2D eigenvalue weighted by molar-refractivity contribution is 7.17. The number of aryl methyl sites for hydroxylation is 3. The molecule has 6 heteroatoms. The molecule has 5 rings (SSSR count). The first kappa shape index (κ1) is 21.7. The van der Waals surface area contributed by atoms with Crippen LogP contribution < -0.4 is 15.4 Å². The molecule has 1 amide bonds. The van der Waals surface area contributed by atoms with Crippen molar-refractivity contribution in [3.8, 4) is 5.75 Å². The zero-order chi connectivity index (χ0) is 22.6. The maximum absolute atomic E-state index is 13.0. The first-order chi connectivity index (χ1) is 16.2. The number of aromatic nitrogens is 1. The Morgan fingerprint density at radius 2 is 1.88 bits per heavy atom. The average molecular weight is 460 g/mol. The standard InChI is InChI=1S/C27H29N3O2S/c1-30-24-14-17-33-26(24)18-25(30)27(31)29-23-5-3-2-4-20(23)9-6-19-7-10-21(11-8-19)32-22-12-15-28-16-13-22/h2-5,7-8,10-11,14,17-18,22,28H,6,9,12-13,15-16H2,1H3,(H,29,31). The summed E-state index contributed by atoms with van der Waals surface area (Å²) in [5.41, 5.74) is 5.04. The largest absolute Gasteiger partial charge is 0.490 e. The van der Waals surface area contributed by atoms with Crippen molar-refractivity contribution in [2.75, 3.05) is 18.4 Å². The lowest BCUT2D eigenvalue weighted by atomic mass is 10.0. The summed E-state index contributed by atoms with van der Waals surface area (Å²) in [4.78, 5) is 13.0. The molecule has 0 atom stereocenters. The van der Waals surface area contributed by atoms with Gasteiger partial charge in [-0.1, -0.05) is 30.3 Å². The lowest BCUT2D eigenvalue weighted by Gasteiger charge is -2.23. The molecule has 1 aliphatic heterocycles. The van der Waals surface area contributed by atoms with Crippen molar-refractivity contribution in [3.63, 3.8) is 0 Å². The van der Waals surface area contributed by atoms with Crippen LogP contribution >= 0.6 is 11.3 Å². The van der Waals surface area contributed by atoms with Crippen LogP contribution in [0.4, 0.5) is 5.69 Å². The molecule has 33 heavy (non-hydrogen) atoms. The van der Waals surface area contributed by atoms with Gasteiger partial charge in [-0.05, 0) is 85.6 Å². The molecule has 4 aromatic rings. The van der Waals surface area contributed by atoms with E-state index >= 15 is 0 Å². The van der Waals surface area contributed by atoms with E-state index in [-0.39, 0.29) is 5.91 Å². The number of carbonyl (C=O) groups is 1. The van der Waals surface area contributed by atoms with Crippen LogP contribution in [0.15, 0.2) is 66.0 Å². The van der Waals surface area contributed by atoms with Gasteiger partial charge in [-0.25, -0.2) is 0 Å². The third kappa shape index (κ3) is 4.97. The van der Waals surface area contributed by atoms with Crippen molar-refractivity contribution in [3.05, 3.63) is 82.9 Å². The number of piperidine rings is 1. The Morgan fingerprint density at radius 3 is 2.67 bits per heavy atom. The topological polar surface area (TPSA) is 55.3 Å². The molecule has 0 aliphatic carbocycles. The van der Waals surface area contributed by atoms with Gasteiger partial charge in [0.05, 0.1) is 10.2 Å². The summed E-state index contributed by atoms with van der Waals surface area (Å²) >= 11 is 1.65. The zero-order valence-electron chi connectivity index (χ0n) is 18.8. The van der Waals surface area contributed by atoms with E-state index < -0.39 is 0 Å². The molecular formula is C27H29N3O2S. The van der Waals surface area contributed by atoms with E-state index in [0.717, 1.165) is 66.0 Å². The van der Waals surface area contributed by atoms with Crippen LogP contribution in [-0.2, 0) is 19.9 Å². The molecule has 170 valence electrons. The Hall–Kier alpha value is -3.09. The first-order valence-electron chi connectivity index (χ1n) is 11.6. The van der Waals surface area contributed by atoms with Crippen LogP contribution in [0, 0.1) is 0 Å². The second kappa shape index (κ2) is 9.81. The van der Waals surface area contributed by atoms with Crippen molar-refractivity contribution in [1.29, 1.82) is 0 Å². The van der Waals surface area contributed by atoms with Gasteiger partial charge in [0, 0.05) is 12.7 Å². The maximum Gasteiger partial charge on any atom is 0.272 e. The third-order valence-electron chi connectivity index (χ3n) is 6.36. The number of fused-ring (bicyclic) bond motifs is 1. The number of benzene rings is 2. The number of nitrogens with one attached hydrogen (secondary N) is 2. The van der Waals surface area contributed by atoms with Gasteiger partial charge >= 0.3 is 0 Å². The van der Waals surface area contributed by atoms with Crippen molar-refractivity contribution in [1.82, 2.24) is 9.88 Å². The molecule has 0 spiro atoms. The zero-order valence-corrected chi connectivity index (χ0v) is 19.7. The van der Waals surface area contributed by atoms with Crippen LogP contribution in [0.2, 0.25) is 0 Å². The monoisotopic (exact) mass is 459 g/mol. The van der Waals surface area contributed by atoms with Gasteiger partial charge in [0.15, 0.2) is 0 Å². The fourth-order valence-electron chi connectivity index (χ4n) is 4.43. The number of rotatable bonds is 7. The Morgan fingerprint density at radius 1 is 1.09 bits per heavy atom. The van der Waals surface area contributed by atoms with Crippen LogP contribution in [0.5, 0.6) is 5.75 Å². The summed E-state index contributed by atoms with van der Waals surface area (Å²) in [7, 11) is 1.94. The van der Waals surface area contributed by atoms with Gasteiger partial charge in [-0.3, -0.25) is 4.79 Å². The number of carbonyl (C=O) groups excluding carboxylic acids is 1. The maximum atomic E-state index is 13.0. The second-order valence-corrected chi connectivity index (χ2v) is 9.53. The van der Waals surface area contributed by atoms with Gasteiger partial charge in [0.25, 0.3) is 5.91 Å². The normalized spacial score (nSPS) is 14.5. The summed E-state index contributed by atoms with van der Waals surface area (Å²) in [6.45, 7) is 2.06. The van der Waals surface area contributed by atoms with E-state index in [4.69, 9.17) is 4.74 Å². The first-order valence-corrected chi connectivity index (χ1v) is 12.4. The van der Waals surface area contributed by atoms with E-state index in [1.54, 1.807) is 11.3 Å². The highest BCUT2D eigenvalue weighted by Gasteiger charge is 2.16. The van der Waals surface area contributed by atoms with Gasteiger partial charge in [-0.2, -0.15) is 0 Å². The fourth-order valence-corrected chi connectivity index (χ4v) is 5.28. The smallest absolute Gasteiger partial charge is 0.272 e. The summed E-state index contributed by atoms with van der Waals surface area (Å²) in [6, 6.07) is 20.5. The van der Waals surface area contributed by atoms with E-state index in [9.17, 15) is 4.79 Å². The van der Waals surface area contributed by atoms with Crippen molar-refractivity contribution in [2.24, 2.45) is 7.05 Å². The Labute approximate surface area is 198 Å². The lowest BCUT2D eigenvalue weighted by molar-refractivity contribution is 0.101. The van der Waals surface area contributed by atoms with Gasteiger partial charge < -0.3 is 19.9 Å². The number of amides is 1. The van der Waals surface area contributed by atoms with Gasteiger partial charge in [0.1, 0.15) is 17.5 Å². The number of hydrogen-bond donors (Lipinski definition) is 2. The van der Waals surface area contributed by atoms with Crippen LogP contribution in [0.1, 0.15) is 34.5 Å². The van der Waals surface area contributed by atoms with Crippen LogP contribution in [0.3, 0.4) is 0 Å². The summed E-state index contributed by atoms with van der Waals surface area (Å²) in [5.74, 6) is 0.869. The number of thiophene rings is 1. The number of ether oxygens (including phenoxy) is 1. The highest BCUT2D eigenvalue weighted by Crippen LogP contribution is 2.26. The predicted octanol–water partition coefficient (Wildman–Crippen LogP) is 5.41. The lowest BCUT2D eigenvalue weighted by Crippen LogP contribution is -2.34. The van der Waals surface area contributed by atoms with E-state index in [0.29, 0.717) is 11.8 Å². The van der Waals surface area contributed by atoms with Crippen LogP contribution in [-0.4, -0.2) is 29.7 Å². The molecule has 0 radical (unpaired) electrons. The molecule has 1 aliphatic rings. The molecule has 2 N–H and O–H groups in total. The van der Waals surface area contributed by atoms with E-state index in [2.05, 4.69) is 41.0 Å². The molecule has 0 saturated carbocycles. The molecule has 1 saturated heterocycles. The number of para-hydroxylation sites is 1. The number of hydrogen-bond acceptors (Lipinski definition) is 4. The molecule has 0 bridgehead atoms. The molecule has 1 fully saturated rings. The number of nitrogens with zero attached hydrogens (tertiary/aromatic N) is 1. The fraction of sp³-hybridized carbons (Fsp3) is 0.296. The molecule has 2 aromatic carbocycles. The van der Waals surface area contributed by atoms with Crippen molar-refractivity contribution >= 4 is 33.1 Å². The third-order valence-corrected chi connectivity index (χ3v) is 7.21. The molecule has 3 heterocycles. The SMILES string of the molecule is Cn1c(C(=O)Nc2ccccc2CCc2ccc(OC3CCNCC3)cc2)cc2sccc21. The Bertz CT molecular complexity index is 1240.